The number of halogens is 1. The second-order valence-electron chi connectivity index (χ2n) is 4.79. The van der Waals surface area contributed by atoms with E-state index in [4.69, 9.17) is 5.73 Å². The van der Waals surface area contributed by atoms with Crippen molar-refractivity contribution < 1.29 is 4.79 Å². The quantitative estimate of drug-likeness (QED) is 0.924. The van der Waals surface area contributed by atoms with Crippen molar-refractivity contribution in [2.45, 2.75) is 45.2 Å². The molecule has 1 fully saturated rings. The fourth-order valence-corrected chi connectivity index (χ4v) is 4.22. The van der Waals surface area contributed by atoms with Gasteiger partial charge in [0.2, 0.25) is 5.91 Å². The summed E-state index contributed by atoms with van der Waals surface area (Å²) < 4.78 is 1.11. The van der Waals surface area contributed by atoms with Gasteiger partial charge in [-0.3, -0.25) is 4.79 Å². The summed E-state index contributed by atoms with van der Waals surface area (Å²) >= 11 is 5.28. The molecule has 0 aliphatic carbocycles. The maximum absolute atomic E-state index is 12.1. The van der Waals surface area contributed by atoms with Crippen LogP contribution >= 0.6 is 27.3 Å². The van der Waals surface area contributed by atoms with Crippen molar-refractivity contribution >= 4 is 33.2 Å². The summed E-state index contributed by atoms with van der Waals surface area (Å²) in [4.78, 5) is 16.5. The number of amides is 1. The number of piperidine rings is 1. The van der Waals surface area contributed by atoms with Gasteiger partial charge in [-0.25, -0.2) is 0 Å². The Morgan fingerprint density at radius 1 is 1.61 bits per heavy atom. The minimum absolute atomic E-state index is 0.0548. The van der Waals surface area contributed by atoms with Crippen LogP contribution in [0, 0.1) is 6.92 Å². The third-order valence-electron chi connectivity index (χ3n) is 3.39. The maximum Gasteiger partial charge on any atom is 0.223 e. The van der Waals surface area contributed by atoms with E-state index < -0.39 is 0 Å². The van der Waals surface area contributed by atoms with Crippen LogP contribution in [-0.2, 0) is 4.79 Å². The van der Waals surface area contributed by atoms with E-state index in [-0.39, 0.29) is 18.0 Å². The number of carbonyl (C=O) groups excluding carboxylic acids is 1. The summed E-state index contributed by atoms with van der Waals surface area (Å²) in [5, 5.41) is 0. The Kier molecular flexibility index (Phi) is 4.45. The topological polar surface area (TPSA) is 46.3 Å². The minimum Gasteiger partial charge on any atom is -0.333 e. The fourth-order valence-electron chi connectivity index (χ4n) is 2.47. The Balaban J connectivity index is 2.32. The first-order valence-electron chi connectivity index (χ1n) is 6.35. The van der Waals surface area contributed by atoms with Crippen molar-refractivity contribution in [1.29, 1.82) is 0 Å². The number of thiophene rings is 1. The van der Waals surface area contributed by atoms with E-state index in [9.17, 15) is 4.79 Å². The van der Waals surface area contributed by atoms with Crippen molar-refractivity contribution in [3.8, 4) is 0 Å². The molecule has 2 atom stereocenters. The highest BCUT2D eigenvalue weighted by atomic mass is 79.9. The lowest BCUT2D eigenvalue weighted by Gasteiger charge is -2.39. The molecule has 1 aromatic rings. The summed E-state index contributed by atoms with van der Waals surface area (Å²) in [6.45, 7) is 4.98. The number of likely N-dealkylation sites (tertiary alicyclic amines) is 1. The zero-order chi connectivity index (χ0) is 13.3. The van der Waals surface area contributed by atoms with Gasteiger partial charge in [0.1, 0.15) is 0 Å². The first-order valence-corrected chi connectivity index (χ1v) is 7.96. The van der Waals surface area contributed by atoms with Crippen LogP contribution in [0.3, 0.4) is 0 Å². The van der Waals surface area contributed by atoms with E-state index in [0.29, 0.717) is 6.42 Å². The Hall–Kier alpha value is -0.390. The number of rotatable bonds is 3. The molecule has 2 unspecified atom stereocenters. The number of hydrogen-bond acceptors (Lipinski definition) is 3. The fraction of sp³-hybridized carbons (Fsp3) is 0.615. The highest BCUT2D eigenvalue weighted by Crippen LogP contribution is 2.38. The first-order chi connectivity index (χ1) is 8.54. The third kappa shape index (κ3) is 2.63. The Labute approximate surface area is 120 Å². The van der Waals surface area contributed by atoms with Crippen molar-refractivity contribution in [2.75, 3.05) is 6.54 Å². The minimum atomic E-state index is 0.0548. The summed E-state index contributed by atoms with van der Waals surface area (Å²) in [6, 6.07) is 2.23. The van der Waals surface area contributed by atoms with E-state index in [0.717, 1.165) is 23.9 Å². The third-order valence-corrected chi connectivity index (χ3v) is 5.59. The molecule has 2 rings (SSSR count). The lowest BCUT2D eigenvalue weighted by atomic mass is 9.95. The molecule has 1 saturated heterocycles. The van der Waals surface area contributed by atoms with E-state index in [1.165, 1.54) is 9.75 Å². The average Bonchev–Trinajstić information content (AvgIpc) is 2.64. The molecular weight excluding hydrogens is 312 g/mol. The van der Waals surface area contributed by atoms with E-state index in [1.54, 1.807) is 11.3 Å². The van der Waals surface area contributed by atoms with Crippen molar-refractivity contribution in [2.24, 2.45) is 5.73 Å². The second-order valence-corrected chi connectivity index (χ2v) is 6.93. The predicted molar refractivity (Wildman–Crippen MR) is 78.7 cm³/mol. The first kappa shape index (κ1) is 14.0. The van der Waals surface area contributed by atoms with Gasteiger partial charge in [0, 0.05) is 33.2 Å². The van der Waals surface area contributed by atoms with E-state index in [1.807, 2.05) is 4.90 Å². The van der Waals surface area contributed by atoms with Crippen LogP contribution in [0.1, 0.15) is 42.0 Å². The molecule has 2 N–H and O–H groups in total. The van der Waals surface area contributed by atoms with Gasteiger partial charge in [0.05, 0.1) is 6.04 Å². The van der Waals surface area contributed by atoms with Crippen LogP contribution in [0.4, 0.5) is 0 Å². The highest BCUT2D eigenvalue weighted by Gasteiger charge is 2.35. The summed E-state index contributed by atoms with van der Waals surface area (Å²) in [7, 11) is 0. The predicted octanol–water partition coefficient (Wildman–Crippen LogP) is 3.22. The number of carbonyl (C=O) groups is 1. The van der Waals surface area contributed by atoms with Gasteiger partial charge >= 0.3 is 0 Å². The lowest BCUT2D eigenvalue weighted by Crippen LogP contribution is -2.48. The van der Waals surface area contributed by atoms with Gasteiger partial charge in [0.15, 0.2) is 0 Å². The Morgan fingerprint density at radius 3 is 2.89 bits per heavy atom. The molecule has 0 bridgehead atoms. The molecule has 0 spiro atoms. The zero-order valence-electron chi connectivity index (χ0n) is 10.8. The molecule has 0 radical (unpaired) electrons. The molecule has 1 aliphatic heterocycles. The molecule has 1 aliphatic rings. The largest absolute Gasteiger partial charge is 0.333 e. The van der Waals surface area contributed by atoms with Crippen LogP contribution in [-0.4, -0.2) is 23.4 Å². The van der Waals surface area contributed by atoms with Gasteiger partial charge in [-0.05, 0) is 41.8 Å². The van der Waals surface area contributed by atoms with E-state index >= 15 is 0 Å². The molecule has 100 valence electrons. The zero-order valence-corrected chi connectivity index (χ0v) is 13.2. The summed E-state index contributed by atoms with van der Waals surface area (Å²) in [6.07, 6.45) is 2.35. The molecule has 2 heterocycles. The molecular formula is C13H19BrN2OS. The van der Waals surface area contributed by atoms with E-state index in [2.05, 4.69) is 35.8 Å². The van der Waals surface area contributed by atoms with Crippen LogP contribution < -0.4 is 5.73 Å². The van der Waals surface area contributed by atoms with Crippen LogP contribution in [0.2, 0.25) is 0 Å². The van der Waals surface area contributed by atoms with Crippen LogP contribution in [0.25, 0.3) is 0 Å². The molecule has 3 nitrogen and oxygen atoms in total. The van der Waals surface area contributed by atoms with Gasteiger partial charge in [-0.1, -0.05) is 6.92 Å². The van der Waals surface area contributed by atoms with Crippen molar-refractivity contribution in [3.05, 3.63) is 20.3 Å². The van der Waals surface area contributed by atoms with Gasteiger partial charge in [0.25, 0.3) is 0 Å². The molecule has 5 heteroatoms. The molecule has 0 saturated carbocycles. The van der Waals surface area contributed by atoms with Crippen molar-refractivity contribution in [3.63, 3.8) is 0 Å². The Bertz CT molecular complexity index is 427. The summed E-state index contributed by atoms with van der Waals surface area (Å²) in [5.74, 6) is 0.241. The smallest absolute Gasteiger partial charge is 0.223 e. The normalized spacial score (nSPS) is 24.7. The van der Waals surface area contributed by atoms with Crippen LogP contribution in [0.15, 0.2) is 10.5 Å². The van der Waals surface area contributed by atoms with Crippen molar-refractivity contribution in [1.82, 2.24) is 4.90 Å². The van der Waals surface area contributed by atoms with Crippen LogP contribution in [0.5, 0.6) is 0 Å². The molecule has 1 aromatic heterocycles. The number of aryl methyl sites for hydroxylation is 1. The average molecular weight is 331 g/mol. The van der Waals surface area contributed by atoms with Gasteiger partial charge < -0.3 is 10.6 Å². The lowest BCUT2D eigenvalue weighted by molar-refractivity contribution is -0.137. The van der Waals surface area contributed by atoms with Gasteiger partial charge in [-0.2, -0.15) is 0 Å². The number of hydrogen-bond donors (Lipinski definition) is 1. The number of nitrogens with two attached hydrogens (primary N) is 1. The summed E-state index contributed by atoms with van der Waals surface area (Å²) in [5.41, 5.74) is 6.25. The molecule has 18 heavy (non-hydrogen) atoms. The standard InChI is InChI=1S/C13H19BrN2OS/c1-3-6-16-12(17)5-4-10(15)13(16)11-7-9(14)8(2)18-11/h7,10,13H,3-6,15H2,1-2H3. The maximum atomic E-state index is 12.1. The molecule has 1 amide bonds. The monoisotopic (exact) mass is 330 g/mol. The number of nitrogens with zero attached hydrogens (tertiary/aromatic N) is 1. The second kappa shape index (κ2) is 5.72. The highest BCUT2D eigenvalue weighted by molar-refractivity contribution is 9.10. The SMILES string of the molecule is CCCN1C(=O)CCC(N)C1c1cc(Br)c(C)s1. The Morgan fingerprint density at radius 2 is 2.33 bits per heavy atom. The van der Waals surface area contributed by atoms with Gasteiger partial charge in [-0.15, -0.1) is 11.3 Å². The molecule has 0 aromatic carbocycles.